The number of aryl methyl sites for hydroxylation is 1. The van der Waals surface area contributed by atoms with Gasteiger partial charge >= 0.3 is 5.97 Å². The molecule has 1 fully saturated rings. The molecule has 0 saturated carbocycles. The third-order valence-corrected chi connectivity index (χ3v) is 7.39. The number of nitrogen functional groups attached to an aromatic ring is 1. The highest BCUT2D eigenvalue weighted by molar-refractivity contribution is 8.00. The number of oxime groups is 1. The number of rotatable bonds is 10. The van der Waals surface area contributed by atoms with Crippen molar-refractivity contribution in [3.63, 3.8) is 0 Å². The van der Waals surface area contributed by atoms with Gasteiger partial charge in [-0.2, -0.15) is 9.36 Å². The molecule has 2 aliphatic rings. The van der Waals surface area contributed by atoms with Crippen molar-refractivity contribution in [3.05, 3.63) is 47.2 Å². The number of aliphatic hydroxyl groups excluding tert-OH is 1. The number of fused-ring (bicyclic) bond motifs is 1. The number of thioether (sulfide) groups is 1. The Balaban J connectivity index is 1.51. The number of carbonyl (C=O) groups excluding carboxylic acids is 2. The Kier molecular flexibility index (Phi) is 7.81. The molecule has 0 aliphatic carbocycles. The smallest absolute Gasteiger partial charge is 0.352 e. The monoisotopic (exact) mass is 534 g/mol. The highest BCUT2D eigenvalue weighted by Gasteiger charge is 2.54. The number of pyridine rings is 1. The number of amides is 2. The summed E-state index contributed by atoms with van der Waals surface area (Å²) in [7, 11) is 1.25. The van der Waals surface area contributed by atoms with Gasteiger partial charge in [-0.15, -0.1) is 11.8 Å². The first kappa shape index (κ1) is 25.5. The van der Waals surface area contributed by atoms with E-state index in [1.165, 1.54) is 23.8 Å². The van der Waals surface area contributed by atoms with Crippen LogP contribution in [0.5, 0.6) is 0 Å². The predicted octanol–water partition coefficient (Wildman–Crippen LogP) is -0.878. The number of β-lactam (4-membered cyclic amide) rings is 1. The van der Waals surface area contributed by atoms with E-state index in [0.717, 1.165) is 17.1 Å². The number of nitrogens with zero attached hydrogens (tertiary/aromatic N) is 5. The predicted molar refractivity (Wildman–Crippen MR) is 130 cm³/mol. The Labute approximate surface area is 213 Å². The van der Waals surface area contributed by atoms with Gasteiger partial charge in [-0.25, -0.2) is 9.36 Å². The van der Waals surface area contributed by atoms with Crippen LogP contribution in [0, 0.1) is 0 Å². The molecule has 15 heteroatoms. The average molecular weight is 535 g/mol. The van der Waals surface area contributed by atoms with Crippen molar-refractivity contribution in [1.29, 1.82) is 0 Å². The number of anilines is 1. The molecule has 2 aromatic heterocycles. The molecule has 2 aromatic rings. The van der Waals surface area contributed by atoms with Crippen LogP contribution < -0.4 is 15.6 Å². The van der Waals surface area contributed by atoms with Crippen LogP contribution in [0.1, 0.15) is 17.8 Å². The van der Waals surface area contributed by atoms with Gasteiger partial charge in [0.2, 0.25) is 11.5 Å². The molecule has 0 bridgehead atoms. The second kappa shape index (κ2) is 11.0. The first-order valence-electron chi connectivity index (χ1n) is 10.8. The second-order valence-electron chi connectivity index (χ2n) is 7.91. The summed E-state index contributed by atoms with van der Waals surface area (Å²) in [6.07, 6.45) is 5.05. The lowest BCUT2D eigenvalue weighted by Gasteiger charge is -2.49. The second-order valence-corrected chi connectivity index (χ2v) is 9.80. The van der Waals surface area contributed by atoms with Crippen molar-refractivity contribution in [2.24, 2.45) is 5.16 Å². The fourth-order valence-corrected chi connectivity index (χ4v) is 5.72. The van der Waals surface area contributed by atoms with Crippen molar-refractivity contribution in [2.75, 3.05) is 25.2 Å². The van der Waals surface area contributed by atoms with Gasteiger partial charge in [0, 0.05) is 41.1 Å². The zero-order chi connectivity index (χ0) is 25.8. The minimum absolute atomic E-state index is 0.0385. The van der Waals surface area contributed by atoms with Crippen molar-refractivity contribution in [3.8, 4) is 0 Å². The van der Waals surface area contributed by atoms with Gasteiger partial charge in [0.15, 0.2) is 24.1 Å². The van der Waals surface area contributed by atoms with Crippen molar-refractivity contribution < 1.29 is 34.0 Å². The number of aromatic nitrogens is 3. The van der Waals surface area contributed by atoms with E-state index in [2.05, 4.69) is 19.8 Å². The molecule has 5 N–H and O–H groups in total. The Morgan fingerprint density at radius 2 is 2.25 bits per heavy atom. The summed E-state index contributed by atoms with van der Waals surface area (Å²) in [6, 6.07) is 2.84. The summed E-state index contributed by atoms with van der Waals surface area (Å²) in [4.78, 5) is 47.8. The minimum Gasteiger partial charge on any atom is -0.477 e. The van der Waals surface area contributed by atoms with E-state index in [1.807, 2.05) is 29.1 Å². The molecule has 36 heavy (non-hydrogen) atoms. The fourth-order valence-electron chi connectivity index (χ4n) is 3.95. The van der Waals surface area contributed by atoms with E-state index in [-0.39, 0.29) is 35.5 Å². The number of hydrogen-bond acceptors (Lipinski definition) is 11. The molecule has 0 aromatic carbocycles. The maximum Gasteiger partial charge on any atom is 0.352 e. The van der Waals surface area contributed by atoms with Crippen LogP contribution in [0.15, 0.2) is 41.0 Å². The lowest BCUT2D eigenvalue weighted by atomic mass is 10.0. The average Bonchev–Trinajstić information content (AvgIpc) is 3.29. The van der Waals surface area contributed by atoms with E-state index in [0.29, 0.717) is 24.2 Å². The lowest BCUT2D eigenvalue weighted by Crippen LogP contribution is -2.71. The van der Waals surface area contributed by atoms with Gasteiger partial charge in [-0.1, -0.05) is 5.16 Å². The topological polar surface area (TPSA) is 184 Å². The summed E-state index contributed by atoms with van der Waals surface area (Å²) >= 11 is 2.24. The van der Waals surface area contributed by atoms with Gasteiger partial charge in [0.05, 0.1) is 0 Å². The number of aliphatic hydroxyl groups is 1. The third-order valence-electron chi connectivity index (χ3n) is 5.50. The Hall–Kier alpha value is -3.56. The number of hydrogen-bond donors (Lipinski definition) is 4. The zero-order valence-corrected chi connectivity index (χ0v) is 20.8. The Morgan fingerprint density at radius 1 is 1.44 bits per heavy atom. The molecule has 1 saturated heterocycles. The highest BCUT2D eigenvalue weighted by Crippen LogP contribution is 2.40. The Bertz CT molecular complexity index is 1250. The molecule has 4 rings (SSSR count). The molecule has 2 atom stereocenters. The van der Waals surface area contributed by atoms with Gasteiger partial charge in [0.25, 0.3) is 11.8 Å². The summed E-state index contributed by atoms with van der Waals surface area (Å²) in [6.45, 7) is 0.375. The standard InChI is InChI=1S/C21H23N7O6S2/c1-34-25-13(16-24-21(22)36-26-16)17(30)23-14-18(31)28-15(20(32)33)12(10-35-19(14)28)9-27-6-2-4-11(8-27)5-3-7-29/h2,4,6,8,14,19,29H,3,5,7,9-10H2,1H3,(H3-,22,23,24,26,30,32,33)/p+1/t14?,19-/m1/s1. The van der Waals surface area contributed by atoms with Crippen molar-refractivity contribution in [2.45, 2.75) is 30.8 Å². The van der Waals surface area contributed by atoms with Crippen LogP contribution in [-0.4, -0.2) is 78.9 Å². The van der Waals surface area contributed by atoms with Gasteiger partial charge in [-0.3, -0.25) is 14.5 Å². The zero-order valence-electron chi connectivity index (χ0n) is 19.2. The molecule has 4 heterocycles. The number of carboxylic acids is 1. The maximum absolute atomic E-state index is 13.0. The number of carbonyl (C=O) groups is 3. The van der Waals surface area contributed by atoms with E-state index in [1.54, 1.807) is 0 Å². The molecule has 0 spiro atoms. The van der Waals surface area contributed by atoms with Crippen molar-refractivity contribution >= 4 is 51.9 Å². The molecule has 1 unspecified atom stereocenters. The van der Waals surface area contributed by atoms with E-state index in [9.17, 15) is 19.5 Å². The molecule has 2 aliphatic heterocycles. The highest BCUT2D eigenvalue weighted by atomic mass is 32.2. The van der Waals surface area contributed by atoms with Gasteiger partial charge < -0.3 is 26.1 Å². The molecular weight excluding hydrogens is 510 g/mol. The molecular formula is C21H24N7O6S2+. The van der Waals surface area contributed by atoms with Crippen LogP contribution in [-0.2, 0) is 32.2 Å². The summed E-state index contributed by atoms with van der Waals surface area (Å²) in [5.74, 6) is -2.17. The minimum atomic E-state index is -1.21. The summed E-state index contributed by atoms with van der Waals surface area (Å²) < 4.78 is 5.81. The SMILES string of the molecule is CON=C(C(=O)NC1C(=O)N2C(C(=O)O)=C(C[n+]3cccc(CCCO)c3)CS[C@H]12)c1nsc(N)n1. The maximum atomic E-state index is 13.0. The molecule has 190 valence electrons. The van der Waals surface area contributed by atoms with Crippen LogP contribution in [0.2, 0.25) is 0 Å². The van der Waals surface area contributed by atoms with E-state index >= 15 is 0 Å². The number of nitrogens with one attached hydrogen (secondary N) is 1. The van der Waals surface area contributed by atoms with E-state index < -0.39 is 29.2 Å². The lowest BCUT2D eigenvalue weighted by molar-refractivity contribution is -0.689. The summed E-state index contributed by atoms with van der Waals surface area (Å²) in [5.41, 5.74) is 6.85. The number of carboxylic acid groups (broad SMARTS) is 1. The molecule has 0 radical (unpaired) electrons. The van der Waals surface area contributed by atoms with Crippen LogP contribution >= 0.6 is 23.3 Å². The van der Waals surface area contributed by atoms with E-state index in [4.69, 9.17) is 15.7 Å². The Morgan fingerprint density at radius 3 is 2.92 bits per heavy atom. The van der Waals surface area contributed by atoms with Crippen LogP contribution in [0.4, 0.5) is 5.13 Å². The quantitative estimate of drug-likeness (QED) is 0.129. The first-order valence-corrected chi connectivity index (χ1v) is 12.7. The molecule has 2 amide bonds. The fraction of sp³-hybridized carbons (Fsp3) is 0.381. The van der Waals surface area contributed by atoms with Crippen LogP contribution in [0.3, 0.4) is 0 Å². The summed E-state index contributed by atoms with van der Waals surface area (Å²) in [5, 5.41) is 24.8. The normalized spacial score (nSPS) is 19.6. The number of nitrogens with two attached hydrogens (primary N) is 1. The first-order chi connectivity index (χ1) is 17.3. The number of aliphatic carboxylic acids is 1. The van der Waals surface area contributed by atoms with Gasteiger partial charge in [0.1, 0.15) is 24.2 Å². The van der Waals surface area contributed by atoms with Crippen molar-refractivity contribution in [1.82, 2.24) is 19.6 Å². The van der Waals surface area contributed by atoms with Gasteiger partial charge in [-0.05, 0) is 18.9 Å². The largest absolute Gasteiger partial charge is 0.477 e. The third kappa shape index (κ3) is 5.17. The molecule has 13 nitrogen and oxygen atoms in total. The van der Waals surface area contributed by atoms with Crippen LogP contribution in [0.25, 0.3) is 0 Å².